The molecular formula is C43H50IN3O4. The predicted molar refractivity (Wildman–Crippen MR) is 217 cm³/mol. The zero-order valence-corrected chi connectivity index (χ0v) is 32.2. The minimum absolute atomic E-state index is 0.00121. The van der Waals surface area contributed by atoms with Gasteiger partial charge in [-0.15, -0.1) is 0 Å². The number of nitrogens with zero attached hydrogens (tertiary/aromatic N) is 1. The van der Waals surface area contributed by atoms with E-state index in [-0.39, 0.29) is 11.8 Å². The van der Waals surface area contributed by atoms with Crippen molar-refractivity contribution in [1.29, 1.82) is 0 Å². The molecular weight excluding hydrogens is 749 g/mol. The van der Waals surface area contributed by atoms with Gasteiger partial charge in [-0.3, -0.25) is 9.59 Å². The Morgan fingerprint density at radius 3 is 2.18 bits per heavy atom. The number of halogens is 1. The molecule has 0 heterocycles. The molecule has 2 amide bonds. The van der Waals surface area contributed by atoms with Crippen LogP contribution in [0.3, 0.4) is 0 Å². The summed E-state index contributed by atoms with van der Waals surface area (Å²) in [4.78, 5) is 27.7. The molecule has 0 radical (unpaired) electrons. The minimum Gasteiger partial charge on any atom is -0.496 e. The molecule has 51 heavy (non-hydrogen) atoms. The second-order valence-electron chi connectivity index (χ2n) is 13.4. The fourth-order valence-electron chi connectivity index (χ4n) is 6.43. The summed E-state index contributed by atoms with van der Waals surface area (Å²) in [6.45, 7) is 8.17. The van der Waals surface area contributed by atoms with Crippen LogP contribution in [0, 0.1) is 9.49 Å². The molecule has 0 aliphatic heterocycles. The Hall–Kier alpha value is -4.15. The maximum atomic E-state index is 13.4. The number of carbonyl (C=O) groups is 2. The van der Waals surface area contributed by atoms with Crippen LogP contribution in [-0.4, -0.2) is 56.6 Å². The zero-order valence-electron chi connectivity index (χ0n) is 30.1. The van der Waals surface area contributed by atoms with Crippen molar-refractivity contribution in [3.05, 3.63) is 117 Å². The quantitative estimate of drug-likeness (QED) is 0.0496. The van der Waals surface area contributed by atoms with Crippen LogP contribution in [0.1, 0.15) is 61.0 Å². The monoisotopic (exact) mass is 799 g/mol. The summed E-state index contributed by atoms with van der Waals surface area (Å²) in [6, 6.07) is 33.0. The molecule has 0 saturated carbocycles. The maximum Gasteiger partial charge on any atom is 0.254 e. The highest BCUT2D eigenvalue weighted by molar-refractivity contribution is 14.1. The first-order valence-corrected chi connectivity index (χ1v) is 19.1. The van der Waals surface area contributed by atoms with Crippen LogP contribution >= 0.6 is 22.6 Å². The van der Waals surface area contributed by atoms with Crippen LogP contribution in [0.15, 0.2) is 97.1 Å². The summed E-state index contributed by atoms with van der Waals surface area (Å²) < 4.78 is 12.7. The Morgan fingerprint density at radius 1 is 0.804 bits per heavy atom. The van der Waals surface area contributed by atoms with Crippen molar-refractivity contribution in [1.82, 2.24) is 15.5 Å². The lowest BCUT2D eigenvalue weighted by Gasteiger charge is -2.26. The average Bonchev–Trinajstić information content (AvgIpc) is 3.14. The van der Waals surface area contributed by atoms with Crippen molar-refractivity contribution in [3.63, 3.8) is 0 Å². The third-order valence-electron chi connectivity index (χ3n) is 8.92. The topological polar surface area (TPSA) is 79.9 Å². The fourth-order valence-corrected chi connectivity index (χ4v) is 6.79. The van der Waals surface area contributed by atoms with Gasteiger partial charge in [0.1, 0.15) is 11.5 Å². The molecule has 0 atom stereocenters. The second kappa shape index (κ2) is 19.5. The van der Waals surface area contributed by atoms with Gasteiger partial charge in [-0.2, -0.15) is 0 Å². The third-order valence-corrected chi connectivity index (χ3v) is 9.64. The average molecular weight is 800 g/mol. The van der Waals surface area contributed by atoms with E-state index in [4.69, 9.17) is 9.47 Å². The van der Waals surface area contributed by atoms with Crippen LogP contribution in [-0.2, 0) is 17.8 Å². The van der Waals surface area contributed by atoms with E-state index in [0.717, 1.165) is 41.5 Å². The molecule has 0 unspecified atom stereocenters. The van der Waals surface area contributed by atoms with Gasteiger partial charge in [0, 0.05) is 46.8 Å². The maximum absolute atomic E-state index is 13.4. The van der Waals surface area contributed by atoms with Gasteiger partial charge in [0.15, 0.2) is 0 Å². The lowest BCUT2D eigenvalue weighted by Crippen LogP contribution is -2.33. The molecule has 0 aliphatic rings. The van der Waals surface area contributed by atoms with E-state index in [1.54, 1.807) is 7.11 Å². The molecule has 2 N–H and O–H groups in total. The van der Waals surface area contributed by atoms with E-state index in [1.165, 1.54) is 27.1 Å². The van der Waals surface area contributed by atoms with E-state index >= 15 is 0 Å². The van der Waals surface area contributed by atoms with E-state index in [0.29, 0.717) is 62.1 Å². The SMILES string of the molecule is COc1cc(OCCCC(=O)NCCCNCCCc2c3ccccc3cc3ccccc23)ccc1CN(CC(C)C)C(=O)c1ccc(I)cc1. The third kappa shape index (κ3) is 11.2. The van der Waals surface area contributed by atoms with Gasteiger partial charge in [0.25, 0.3) is 5.91 Å². The number of fused-ring (bicyclic) bond motifs is 2. The van der Waals surface area contributed by atoms with E-state index in [9.17, 15) is 9.59 Å². The Labute approximate surface area is 316 Å². The van der Waals surface area contributed by atoms with Gasteiger partial charge in [0.05, 0.1) is 13.7 Å². The molecule has 8 heteroatoms. The molecule has 7 nitrogen and oxygen atoms in total. The Morgan fingerprint density at radius 2 is 1.49 bits per heavy atom. The van der Waals surface area contributed by atoms with Crippen molar-refractivity contribution in [2.75, 3.05) is 39.9 Å². The highest BCUT2D eigenvalue weighted by Gasteiger charge is 2.19. The standard InChI is InChI=1S/C43H50IN3O4/c1-31(2)29-47(43(49)32-17-20-36(44)21-18-32)30-35-19-22-37(28-41(35)50-3)51-26-9-16-42(48)46-25-10-24-45-23-8-15-40-38-13-6-4-11-33(38)27-34-12-5-7-14-39(34)40/h4-7,11-14,17-22,27-28,31,45H,8-10,15-16,23-26,29-30H2,1-3H3,(H,46,48). The zero-order chi connectivity index (χ0) is 36.0. The van der Waals surface area contributed by atoms with Gasteiger partial charge >= 0.3 is 0 Å². The highest BCUT2D eigenvalue weighted by Crippen LogP contribution is 2.30. The lowest BCUT2D eigenvalue weighted by molar-refractivity contribution is -0.121. The van der Waals surface area contributed by atoms with Gasteiger partial charge in [-0.1, -0.05) is 62.4 Å². The number of benzene rings is 5. The molecule has 0 aliphatic carbocycles. The first-order valence-electron chi connectivity index (χ1n) is 18.0. The number of rotatable bonds is 19. The van der Waals surface area contributed by atoms with Gasteiger partial charge < -0.3 is 25.0 Å². The lowest BCUT2D eigenvalue weighted by atomic mass is 9.94. The van der Waals surface area contributed by atoms with Crippen molar-refractivity contribution >= 4 is 56.0 Å². The molecule has 0 aromatic heterocycles. The van der Waals surface area contributed by atoms with E-state index < -0.39 is 0 Å². The number of nitrogens with one attached hydrogen (secondary N) is 2. The Kier molecular flexibility index (Phi) is 14.5. The molecule has 0 spiro atoms. The number of hydrogen-bond donors (Lipinski definition) is 2. The largest absolute Gasteiger partial charge is 0.496 e. The Bertz CT molecular complexity index is 1840. The highest BCUT2D eigenvalue weighted by atomic mass is 127. The van der Waals surface area contributed by atoms with Crippen LogP contribution < -0.4 is 20.1 Å². The summed E-state index contributed by atoms with van der Waals surface area (Å²) in [5.74, 6) is 1.70. The molecule has 0 saturated heterocycles. The van der Waals surface area contributed by atoms with Crippen LogP contribution in [0.2, 0.25) is 0 Å². The number of hydrogen-bond acceptors (Lipinski definition) is 5. The van der Waals surface area contributed by atoms with Gasteiger partial charge in [0.2, 0.25) is 5.91 Å². The van der Waals surface area contributed by atoms with Crippen LogP contribution in [0.4, 0.5) is 0 Å². The number of methoxy groups -OCH3 is 1. The first kappa shape index (κ1) is 38.1. The number of ether oxygens (including phenoxy) is 2. The number of amides is 2. The van der Waals surface area contributed by atoms with Crippen molar-refractivity contribution in [2.45, 2.75) is 52.5 Å². The molecule has 0 bridgehead atoms. The first-order chi connectivity index (χ1) is 24.8. The van der Waals surface area contributed by atoms with Gasteiger partial charge in [-0.05, 0) is 137 Å². The fraction of sp³-hybridized carbons (Fsp3) is 0.349. The van der Waals surface area contributed by atoms with Crippen LogP contribution in [0.5, 0.6) is 11.5 Å². The molecule has 5 aromatic rings. The molecule has 5 aromatic carbocycles. The summed E-state index contributed by atoms with van der Waals surface area (Å²) >= 11 is 2.24. The smallest absolute Gasteiger partial charge is 0.254 e. The second-order valence-corrected chi connectivity index (χ2v) is 14.6. The van der Waals surface area contributed by atoms with Crippen molar-refractivity contribution in [3.8, 4) is 11.5 Å². The van der Waals surface area contributed by atoms with Crippen LogP contribution in [0.25, 0.3) is 21.5 Å². The van der Waals surface area contributed by atoms with Crippen molar-refractivity contribution < 1.29 is 19.1 Å². The Balaban J connectivity index is 0.979. The molecule has 268 valence electrons. The normalized spacial score (nSPS) is 11.2. The molecule has 0 fully saturated rings. The number of aryl methyl sites for hydroxylation is 1. The van der Waals surface area contributed by atoms with E-state index in [2.05, 4.69) is 102 Å². The van der Waals surface area contributed by atoms with Gasteiger partial charge in [-0.25, -0.2) is 0 Å². The summed E-state index contributed by atoms with van der Waals surface area (Å²) in [6.07, 6.45) is 3.99. The summed E-state index contributed by atoms with van der Waals surface area (Å²) in [7, 11) is 1.63. The van der Waals surface area contributed by atoms with E-state index in [1.807, 2.05) is 47.4 Å². The molecule has 5 rings (SSSR count). The summed E-state index contributed by atoms with van der Waals surface area (Å²) in [5, 5.41) is 11.8. The number of carbonyl (C=O) groups excluding carboxylic acids is 2. The predicted octanol–water partition coefficient (Wildman–Crippen LogP) is 8.79. The summed E-state index contributed by atoms with van der Waals surface area (Å²) in [5.41, 5.74) is 3.01. The minimum atomic E-state index is -0.00121. The van der Waals surface area contributed by atoms with Crippen molar-refractivity contribution in [2.24, 2.45) is 5.92 Å².